The van der Waals surface area contributed by atoms with Crippen LogP contribution in [0, 0.1) is 11.6 Å². The van der Waals surface area contributed by atoms with E-state index in [4.69, 9.17) is 12.2 Å². The Kier molecular flexibility index (Phi) is 3.32. The second-order valence-electron chi connectivity index (χ2n) is 4.79. The molecule has 0 unspecified atom stereocenters. The maximum atomic E-state index is 5.22. The highest BCUT2D eigenvalue weighted by Crippen LogP contribution is 2.22. The maximum absolute atomic E-state index is 5.22. The van der Waals surface area contributed by atoms with Crippen molar-refractivity contribution >= 4 is 23.1 Å². The molecule has 0 aliphatic rings. The highest BCUT2D eigenvalue weighted by atomic mass is 32.1. The Bertz CT molecular complexity index is 836. The Morgan fingerprint density at radius 3 is 2.75 bits per heavy atom. The van der Waals surface area contributed by atoms with Gasteiger partial charge in [0.15, 0.2) is 0 Å². The highest BCUT2D eigenvalue weighted by molar-refractivity contribution is 7.71. The van der Waals surface area contributed by atoms with Gasteiger partial charge in [0.2, 0.25) is 0 Å². The van der Waals surface area contributed by atoms with Gasteiger partial charge in [-0.2, -0.15) is 0 Å². The standard InChI is InChI=1S/C16H15N3S/c1-3-15-18-14(9-16(20)19-15)12-6-7-13-11(8-12)5-4-10(2)17-13/h4-9H,3H2,1-2H3,(H,18,19,20). The summed E-state index contributed by atoms with van der Waals surface area (Å²) in [5.41, 5.74) is 4.15. The molecule has 3 nitrogen and oxygen atoms in total. The van der Waals surface area contributed by atoms with Crippen molar-refractivity contribution in [1.29, 1.82) is 0 Å². The van der Waals surface area contributed by atoms with Crippen molar-refractivity contribution in [3.8, 4) is 11.3 Å². The van der Waals surface area contributed by atoms with E-state index >= 15 is 0 Å². The first kappa shape index (κ1) is 12.9. The summed E-state index contributed by atoms with van der Waals surface area (Å²) < 4.78 is 0.623. The molecule has 0 atom stereocenters. The first-order valence-corrected chi connectivity index (χ1v) is 7.04. The number of nitrogens with zero attached hydrogens (tertiary/aromatic N) is 2. The summed E-state index contributed by atoms with van der Waals surface area (Å²) in [4.78, 5) is 12.1. The van der Waals surface area contributed by atoms with Crippen LogP contribution in [0.2, 0.25) is 0 Å². The molecule has 4 heteroatoms. The molecule has 0 amide bonds. The Labute approximate surface area is 122 Å². The smallest absolute Gasteiger partial charge is 0.130 e. The SMILES string of the molecule is CCc1nc(=S)cc(-c2ccc3nc(C)ccc3c2)[nH]1. The number of aromatic nitrogens is 3. The van der Waals surface area contributed by atoms with E-state index in [-0.39, 0.29) is 0 Å². The number of hydrogen-bond donors (Lipinski definition) is 1. The summed E-state index contributed by atoms with van der Waals surface area (Å²) in [6.07, 6.45) is 0.839. The molecule has 0 aliphatic carbocycles. The number of hydrogen-bond acceptors (Lipinski definition) is 3. The molecule has 1 N–H and O–H groups in total. The summed E-state index contributed by atoms with van der Waals surface area (Å²) >= 11 is 5.22. The molecule has 2 aromatic heterocycles. The van der Waals surface area contributed by atoms with Gasteiger partial charge in [0.25, 0.3) is 0 Å². The normalized spacial score (nSPS) is 10.9. The Morgan fingerprint density at radius 2 is 1.95 bits per heavy atom. The zero-order chi connectivity index (χ0) is 14.1. The Morgan fingerprint density at radius 1 is 1.10 bits per heavy atom. The van der Waals surface area contributed by atoms with E-state index in [0.29, 0.717) is 4.64 Å². The third-order valence-electron chi connectivity index (χ3n) is 3.27. The molecular formula is C16H15N3S. The van der Waals surface area contributed by atoms with Crippen LogP contribution in [-0.2, 0) is 6.42 Å². The topological polar surface area (TPSA) is 41.6 Å². The molecule has 0 fully saturated rings. The number of aromatic amines is 1. The molecule has 0 saturated carbocycles. The van der Waals surface area contributed by atoms with Gasteiger partial charge in [0.05, 0.1) is 5.52 Å². The van der Waals surface area contributed by atoms with Crippen molar-refractivity contribution in [2.75, 3.05) is 0 Å². The molecule has 0 spiro atoms. The fourth-order valence-electron chi connectivity index (χ4n) is 2.23. The van der Waals surface area contributed by atoms with E-state index in [1.165, 1.54) is 0 Å². The first-order valence-electron chi connectivity index (χ1n) is 6.64. The van der Waals surface area contributed by atoms with Crippen molar-refractivity contribution in [2.45, 2.75) is 20.3 Å². The van der Waals surface area contributed by atoms with Crippen molar-refractivity contribution in [2.24, 2.45) is 0 Å². The molecule has 3 aromatic rings. The van der Waals surface area contributed by atoms with Crippen molar-refractivity contribution < 1.29 is 0 Å². The molecule has 0 radical (unpaired) electrons. The van der Waals surface area contributed by atoms with Crippen LogP contribution >= 0.6 is 12.2 Å². The molecule has 100 valence electrons. The lowest BCUT2D eigenvalue weighted by Gasteiger charge is -2.06. The van der Waals surface area contributed by atoms with Crippen LogP contribution in [0.5, 0.6) is 0 Å². The molecule has 20 heavy (non-hydrogen) atoms. The third-order valence-corrected chi connectivity index (χ3v) is 3.48. The molecule has 1 aromatic carbocycles. The van der Waals surface area contributed by atoms with Gasteiger partial charge in [-0.05, 0) is 36.8 Å². The quantitative estimate of drug-likeness (QED) is 0.715. The molecule has 0 aliphatic heterocycles. The highest BCUT2D eigenvalue weighted by Gasteiger charge is 2.03. The third kappa shape index (κ3) is 2.47. The Hall–Kier alpha value is -2.07. The van der Waals surface area contributed by atoms with Gasteiger partial charge < -0.3 is 4.98 Å². The number of fused-ring (bicyclic) bond motifs is 1. The predicted octanol–water partition coefficient (Wildman–Crippen LogP) is 4.23. The summed E-state index contributed by atoms with van der Waals surface area (Å²) in [6, 6.07) is 12.3. The van der Waals surface area contributed by atoms with E-state index in [2.05, 4.69) is 40.1 Å². The molecule has 3 rings (SSSR count). The van der Waals surface area contributed by atoms with Gasteiger partial charge in [-0.15, -0.1) is 0 Å². The van der Waals surface area contributed by atoms with Crippen LogP contribution in [0.15, 0.2) is 36.4 Å². The fraction of sp³-hybridized carbons (Fsp3) is 0.188. The molecular weight excluding hydrogens is 266 g/mol. The monoisotopic (exact) mass is 281 g/mol. The summed E-state index contributed by atoms with van der Waals surface area (Å²) in [5, 5.41) is 1.13. The van der Waals surface area contributed by atoms with Crippen LogP contribution in [0.4, 0.5) is 0 Å². The summed E-state index contributed by atoms with van der Waals surface area (Å²) in [7, 11) is 0. The zero-order valence-corrected chi connectivity index (χ0v) is 12.3. The van der Waals surface area contributed by atoms with Crippen LogP contribution in [-0.4, -0.2) is 15.0 Å². The largest absolute Gasteiger partial charge is 0.343 e. The molecule has 2 heterocycles. The second-order valence-corrected chi connectivity index (χ2v) is 5.21. The number of benzene rings is 1. The number of pyridine rings is 1. The molecule has 0 bridgehead atoms. The Balaban J connectivity index is 2.17. The lowest BCUT2D eigenvalue weighted by Crippen LogP contribution is -1.95. The van der Waals surface area contributed by atoms with Gasteiger partial charge in [-0.25, -0.2) is 4.98 Å². The lowest BCUT2D eigenvalue weighted by molar-refractivity contribution is 0.936. The van der Waals surface area contributed by atoms with Gasteiger partial charge in [-0.1, -0.05) is 31.3 Å². The van der Waals surface area contributed by atoms with Crippen LogP contribution in [0.1, 0.15) is 18.4 Å². The van der Waals surface area contributed by atoms with Crippen LogP contribution < -0.4 is 0 Å². The number of rotatable bonds is 2. The van der Waals surface area contributed by atoms with Gasteiger partial charge >= 0.3 is 0 Å². The van der Waals surface area contributed by atoms with Gasteiger partial charge in [-0.3, -0.25) is 4.98 Å². The van der Waals surface area contributed by atoms with E-state index < -0.39 is 0 Å². The summed E-state index contributed by atoms with van der Waals surface area (Å²) in [5.74, 6) is 0.912. The fourth-order valence-corrected chi connectivity index (χ4v) is 2.45. The maximum Gasteiger partial charge on any atom is 0.130 e. The first-order chi connectivity index (χ1) is 9.65. The lowest BCUT2D eigenvalue weighted by atomic mass is 10.1. The minimum atomic E-state index is 0.623. The number of nitrogens with one attached hydrogen (secondary N) is 1. The average Bonchev–Trinajstić information content (AvgIpc) is 2.46. The number of aryl methyl sites for hydroxylation is 2. The number of H-pyrrole nitrogens is 1. The van der Waals surface area contributed by atoms with Crippen molar-refractivity contribution in [3.05, 3.63) is 52.6 Å². The van der Waals surface area contributed by atoms with Crippen molar-refractivity contribution in [3.63, 3.8) is 0 Å². The minimum Gasteiger partial charge on any atom is -0.343 e. The zero-order valence-electron chi connectivity index (χ0n) is 11.5. The van der Waals surface area contributed by atoms with E-state index in [1.807, 2.05) is 25.1 Å². The van der Waals surface area contributed by atoms with Crippen LogP contribution in [0.25, 0.3) is 22.2 Å². The van der Waals surface area contributed by atoms with Crippen LogP contribution in [0.3, 0.4) is 0 Å². The second kappa shape index (κ2) is 5.13. The summed E-state index contributed by atoms with van der Waals surface area (Å²) in [6.45, 7) is 4.06. The van der Waals surface area contributed by atoms with E-state index in [1.54, 1.807) is 0 Å². The van der Waals surface area contributed by atoms with Gasteiger partial charge in [0.1, 0.15) is 10.5 Å². The van der Waals surface area contributed by atoms with Gasteiger partial charge in [0, 0.05) is 23.2 Å². The molecule has 0 saturated heterocycles. The van der Waals surface area contributed by atoms with E-state index in [9.17, 15) is 0 Å². The average molecular weight is 281 g/mol. The predicted molar refractivity (Wildman–Crippen MR) is 84.3 cm³/mol. The van der Waals surface area contributed by atoms with Crippen molar-refractivity contribution in [1.82, 2.24) is 15.0 Å². The minimum absolute atomic E-state index is 0.623. The van der Waals surface area contributed by atoms with E-state index in [0.717, 1.165) is 40.1 Å².